The van der Waals surface area contributed by atoms with Gasteiger partial charge in [-0.2, -0.15) is 0 Å². The largest absolute Gasteiger partial charge is 0.481 e. The topological polar surface area (TPSA) is 61.1 Å². The van der Waals surface area contributed by atoms with Crippen molar-refractivity contribution in [2.24, 2.45) is 5.92 Å². The molecule has 0 radical (unpaired) electrons. The van der Waals surface area contributed by atoms with E-state index in [-0.39, 0.29) is 23.7 Å². The van der Waals surface area contributed by atoms with Crippen LogP contribution in [0.15, 0.2) is 61.4 Å². The van der Waals surface area contributed by atoms with E-state index in [1.807, 2.05) is 12.1 Å². The molecular weight excluding hydrogens is 503 g/mol. The number of imidazole rings is 1. The minimum absolute atomic E-state index is 0.000771. The molecule has 2 aliphatic heterocycles. The number of carbonyl (C=O) groups is 1. The summed E-state index contributed by atoms with van der Waals surface area (Å²) in [6.45, 7) is 8.81. The van der Waals surface area contributed by atoms with Crippen molar-refractivity contribution in [3.63, 3.8) is 0 Å². The minimum atomic E-state index is -0.713. The second-order valence-electron chi connectivity index (χ2n) is 12.3. The first-order valence-electron chi connectivity index (χ1n) is 15.0. The van der Waals surface area contributed by atoms with E-state index in [9.17, 15) is 14.3 Å². The maximum absolute atomic E-state index is 14.3. The number of hydrogen-bond acceptors (Lipinski definition) is 4. The molecule has 2 aromatic heterocycles. The number of aliphatic carboxylic acids is 1. The predicted molar refractivity (Wildman–Crippen MR) is 155 cm³/mol. The summed E-state index contributed by atoms with van der Waals surface area (Å²) >= 11 is 0. The summed E-state index contributed by atoms with van der Waals surface area (Å²) in [6, 6.07) is 11.4. The lowest BCUT2D eigenvalue weighted by Crippen LogP contribution is -2.53. The smallest absolute Gasteiger partial charge is 0.303 e. The number of piperidine rings is 1. The second-order valence-corrected chi connectivity index (χ2v) is 12.3. The van der Waals surface area contributed by atoms with E-state index < -0.39 is 5.97 Å². The third kappa shape index (κ3) is 5.46. The van der Waals surface area contributed by atoms with Crippen molar-refractivity contribution in [2.45, 2.75) is 68.7 Å². The van der Waals surface area contributed by atoms with Crippen LogP contribution >= 0.6 is 0 Å². The lowest BCUT2D eigenvalue weighted by atomic mass is 9.72. The van der Waals surface area contributed by atoms with Gasteiger partial charge in [0.05, 0.1) is 0 Å². The number of carboxylic acids is 1. The van der Waals surface area contributed by atoms with Gasteiger partial charge in [0.2, 0.25) is 0 Å². The van der Waals surface area contributed by atoms with Crippen LogP contribution in [0.4, 0.5) is 4.39 Å². The highest BCUT2D eigenvalue weighted by molar-refractivity contribution is 5.66. The first kappa shape index (κ1) is 27.2. The Morgan fingerprint density at radius 3 is 2.70 bits per heavy atom. The molecule has 6 nitrogen and oxygen atoms in total. The van der Waals surface area contributed by atoms with Crippen molar-refractivity contribution >= 4 is 11.6 Å². The predicted octanol–water partition coefficient (Wildman–Crippen LogP) is 5.88. The van der Waals surface area contributed by atoms with Gasteiger partial charge in [0.25, 0.3) is 0 Å². The number of likely N-dealkylation sites (tertiary alicyclic amines) is 2. The zero-order valence-electron chi connectivity index (χ0n) is 23.3. The van der Waals surface area contributed by atoms with E-state index >= 15 is 0 Å². The lowest BCUT2D eigenvalue weighted by molar-refractivity contribution is -0.138. The molecule has 7 heteroatoms. The molecule has 2 saturated heterocycles. The number of nitrogens with zero attached hydrogens (tertiary/aromatic N) is 4. The Labute approximate surface area is 236 Å². The highest BCUT2D eigenvalue weighted by Crippen LogP contribution is 2.47. The molecule has 4 heterocycles. The number of hydrogen-bond donors (Lipinski definition) is 1. The summed E-state index contributed by atoms with van der Waals surface area (Å²) in [5, 5.41) is 9.38. The van der Waals surface area contributed by atoms with Gasteiger partial charge in [-0.25, -0.2) is 9.37 Å². The zero-order valence-corrected chi connectivity index (χ0v) is 23.3. The highest BCUT2D eigenvalue weighted by Gasteiger charge is 2.48. The van der Waals surface area contributed by atoms with E-state index in [1.54, 1.807) is 6.07 Å². The van der Waals surface area contributed by atoms with E-state index in [0.29, 0.717) is 18.3 Å². The molecule has 0 bridgehead atoms. The average molecular weight is 545 g/mol. The lowest BCUT2D eigenvalue weighted by Gasteiger charge is -2.49. The van der Waals surface area contributed by atoms with Gasteiger partial charge in [-0.15, -0.1) is 6.58 Å². The summed E-state index contributed by atoms with van der Waals surface area (Å²) < 4.78 is 16.5. The van der Waals surface area contributed by atoms with Crippen molar-refractivity contribution < 1.29 is 14.3 Å². The molecule has 1 aromatic carbocycles. The van der Waals surface area contributed by atoms with Crippen molar-refractivity contribution in [2.75, 3.05) is 32.7 Å². The zero-order chi connectivity index (χ0) is 27.7. The third-order valence-electron chi connectivity index (χ3n) is 9.95. The maximum atomic E-state index is 14.3. The summed E-state index contributed by atoms with van der Waals surface area (Å²) in [4.78, 5) is 21.3. The van der Waals surface area contributed by atoms with Gasteiger partial charge in [-0.1, -0.05) is 24.3 Å². The molecular formula is C33H41FN4O2. The fraction of sp³-hybridized carbons (Fsp3) is 0.515. The Hall–Kier alpha value is -3.03. The van der Waals surface area contributed by atoms with Gasteiger partial charge in [0, 0.05) is 61.5 Å². The van der Waals surface area contributed by atoms with E-state index in [2.05, 4.69) is 56.4 Å². The van der Waals surface area contributed by atoms with Crippen molar-refractivity contribution in [1.29, 1.82) is 0 Å². The summed E-state index contributed by atoms with van der Waals surface area (Å²) in [6.07, 6.45) is 13.5. The van der Waals surface area contributed by atoms with Crippen LogP contribution in [0.2, 0.25) is 0 Å². The Morgan fingerprint density at radius 1 is 1.18 bits per heavy atom. The van der Waals surface area contributed by atoms with E-state index in [0.717, 1.165) is 82.5 Å². The van der Waals surface area contributed by atoms with Crippen LogP contribution in [0.3, 0.4) is 0 Å². The molecule has 40 heavy (non-hydrogen) atoms. The SMILES string of the molecule is C=CCc1ccc2ncc(C3CCN(CC4CN(C5(CCC(=O)O)CCC5)CC4c4cccc(F)c4)CC3)n2c1. The average Bonchev–Trinajstić information content (AvgIpc) is 3.53. The van der Waals surface area contributed by atoms with Gasteiger partial charge < -0.3 is 14.4 Å². The molecule has 1 N–H and O–H groups in total. The molecule has 3 aliphatic rings. The van der Waals surface area contributed by atoms with Crippen LogP contribution in [0.25, 0.3) is 5.65 Å². The van der Waals surface area contributed by atoms with Gasteiger partial charge >= 0.3 is 5.97 Å². The molecule has 1 aliphatic carbocycles. The standard InChI is InChI=1S/C33H41FN4O2/c1-2-5-24-8-9-31-35-19-30(38(31)20-24)25-11-16-36(17-12-25)21-27-22-37(33(13-4-14-33)15-10-32(39)40)23-29(27)26-6-3-7-28(34)18-26/h2-3,6-9,18-20,25,27,29H,1,4-5,10-17,21-23H2,(H,39,40). The van der Waals surface area contributed by atoms with Crippen LogP contribution in [0.5, 0.6) is 0 Å². The van der Waals surface area contributed by atoms with Crippen LogP contribution in [0.1, 0.15) is 73.6 Å². The first-order chi connectivity index (χ1) is 19.4. The molecule has 3 aromatic rings. The number of rotatable bonds is 10. The van der Waals surface area contributed by atoms with E-state index in [1.165, 1.54) is 17.3 Å². The number of carboxylic acid groups (broad SMARTS) is 1. The van der Waals surface area contributed by atoms with Crippen LogP contribution in [-0.2, 0) is 11.2 Å². The summed E-state index contributed by atoms with van der Waals surface area (Å²) in [5.41, 5.74) is 4.63. The van der Waals surface area contributed by atoms with Crippen molar-refractivity contribution in [3.05, 3.63) is 84.1 Å². The number of benzene rings is 1. The molecule has 3 fully saturated rings. The van der Waals surface area contributed by atoms with Crippen LogP contribution in [0, 0.1) is 11.7 Å². The molecule has 2 unspecified atom stereocenters. The van der Waals surface area contributed by atoms with Crippen molar-refractivity contribution in [1.82, 2.24) is 19.2 Å². The Kier molecular flexibility index (Phi) is 7.78. The second kappa shape index (κ2) is 11.5. The van der Waals surface area contributed by atoms with Crippen molar-refractivity contribution in [3.8, 4) is 0 Å². The monoisotopic (exact) mass is 544 g/mol. The number of halogens is 1. The van der Waals surface area contributed by atoms with Crippen LogP contribution in [-0.4, -0.2) is 68.5 Å². The highest BCUT2D eigenvalue weighted by atomic mass is 19.1. The van der Waals surface area contributed by atoms with Crippen LogP contribution < -0.4 is 0 Å². The molecule has 1 saturated carbocycles. The van der Waals surface area contributed by atoms with Gasteiger partial charge in [-0.05, 0) is 93.3 Å². The maximum Gasteiger partial charge on any atom is 0.303 e. The summed E-state index contributed by atoms with van der Waals surface area (Å²) in [5.74, 6) is 0.257. The fourth-order valence-electron chi connectivity index (χ4n) is 7.58. The molecule has 0 spiro atoms. The van der Waals surface area contributed by atoms with Gasteiger partial charge in [-0.3, -0.25) is 9.69 Å². The fourth-order valence-corrected chi connectivity index (χ4v) is 7.58. The molecule has 2 atom stereocenters. The Balaban J connectivity index is 1.15. The first-order valence-corrected chi connectivity index (χ1v) is 15.0. The minimum Gasteiger partial charge on any atom is -0.481 e. The van der Waals surface area contributed by atoms with Gasteiger partial charge in [0.1, 0.15) is 11.5 Å². The normalized spacial score (nSPS) is 23.8. The quantitative estimate of drug-likeness (QED) is 0.323. The molecule has 6 rings (SSSR count). The molecule has 0 amide bonds. The third-order valence-corrected chi connectivity index (χ3v) is 9.95. The number of allylic oxidation sites excluding steroid dienone is 1. The van der Waals surface area contributed by atoms with Gasteiger partial charge in [0.15, 0.2) is 0 Å². The van der Waals surface area contributed by atoms with E-state index in [4.69, 9.17) is 0 Å². The molecule has 212 valence electrons. The Bertz CT molecular complexity index is 1360. The summed E-state index contributed by atoms with van der Waals surface area (Å²) in [7, 11) is 0. The number of pyridine rings is 1. The number of aromatic nitrogens is 2. The Morgan fingerprint density at radius 2 is 2.00 bits per heavy atom. The number of fused-ring (bicyclic) bond motifs is 1.